The molecule has 3 N–H and O–H groups in total. The third-order valence-electron chi connectivity index (χ3n) is 3.65. The van der Waals surface area contributed by atoms with E-state index in [2.05, 4.69) is 9.97 Å². The average molecular weight is 337 g/mol. The molecule has 1 heterocycles. The van der Waals surface area contributed by atoms with Gasteiger partial charge in [0.05, 0.1) is 30.8 Å². The summed E-state index contributed by atoms with van der Waals surface area (Å²) in [6.45, 7) is 0. The highest BCUT2D eigenvalue weighted by atomic mass is 19.4. The van der Waals surface area contributed by atoms with Gasteiger partial charge in [-0.05, 0) is 30.3 Å². The Balaban J connectivity index is 2.43. The van der Waals surface area contributed by atoms with Gasteiger partial charge in [-0.1, -0.05) is 0 Å². The van der Waals surface area contributed by atoms with Crippen LogP contribution in [-0.2, 0) is 6.18 Å². The number of anilines is 1. The number of H-pyrrole nitrogens is 1. The SMILES string of the molecule is COc1ccc(OC)c(-c2c(C(F)(F)F)ccc3[nH]c(N)nc23)c1. The molecule has 0 aliphatic rings. The van der Waals surface area contributed by atoms with Gasteiger partial charge in [0.15, 0.2) is 5.95 Å². The second kappa shape index (κ2) is 5.63. The average Bonchev–Trinajstić information content (AvgIpc) is 2.92. The van der Waals surface area contributed by atoms with E-state index in [9.17, 15) is 13.2 Å². The summed E-state index contributed by atoms with van der Waals surface area (Å²) in [6, 6.07) is 6.93. The van der Waals surface area contributed by atoms with Gasteiger partial charge in [-0.15, -0.1) is 0 Å². The van der Waals surface area contributed by atoms with E-state index in [0.29, 0.717) is 11.3 Å². The highest BCUT2D eigenvalue weighted by Crippen LogP contribution is 2.44. The summed E-state index contributed by atoms with van der Waals surface area (Å²) in [4.78, 5) is 6.76. The maximum atomic E-state index is 13.5. The van der Waals surface area contributed by atoms with Crippen molar-refractivity contribution in [2.24, 2.45) is 0 Å². The molecule has 0 spiro atoms. The van der Waals surface area contributed by atoms with Gasteiger partial charge in [-0.2, -0.15) is 13.2 Å². The number of nitrogens with two attached hydrogens (primary N) is 1. The van der Waals surface area contributed by atoms with Gasteiger partial charge in [0, 0.05) is 11.1 Å². The van der Waals surface area contributed by atoms with Crippen LogP contribution in [0.15, 0.2) is 30.3 Å². The number of nitrogen functional groups attached to an aromatic ring is 1. The number of hydrogen-bond donors (Lipinski definition) is 2. The molecule has 0 bridgehead atoms. The van der Waals surface area contributed by atoms with Gasteiger partial charge >= 0.3 is 6.18 Å². The van der Waals surface area contributed by atoms with Gasteiger partial charge in [-0.25, -0.2) is 4.98 Å². The molecule has 0 fully saturated rings. The number of nitrogens with zero attached hydrogens (tertiary/aromatic N) is 1. The normalized spacial score (nSPS) is 11.7. The Morgan fingerprint density at radius 2 is 1.83 bits per heavy atom. The predicted molar refractivity (Wildman–Crippen MR) is 84.0 cm³/mol. The first-order valence-corrected chi connectivity index (χ1v) is 6.93. The Labute approximate surface area is 135 Å². The van der Waals surface area contributed by atoms with E-state index in [1.54, 1.807) is 12.1 Å². The van der Waals surface area contributed by atoms with Crippen molar-refractivity contribution in [2.75, 3.05) is 20.0 Å². The summed E-state index contributed by atoms with van der Waals surface area (Å²) in [7, 11) is 2.82. The third-order valence-corrected chi connectivity index (χ3v) is 3.65. The second-order valence-corrected chi connectivity index (χ2v) is 5.07. The first-order valence-electron chi connectivity index (χ1n) is 6.93. The largest absolute Gasteiger partial charge is 0.497 e. The molecule has 0 saturated carbocycles. The molecular formula is C16H14F3N3O2. The minimum absolute atomic E-state index is 0.0347. The molecule has 0 saturated heterocycles. The number of aromatic nitrogens is 2. The number of methoxy groups -OCH3 is 2. The molecule has 0 atom stereocenters. The quantitative estimate of drug-likeness (QED) is 0.761. The number of ether oxygens (including phenoxy) is 2. The predicted octanol–water partition coefficient (Wildman–Crippen LogP) is 3.85. The van der Waals surface area contributed by atoms with Crippen LogP contribution in [0.3, 0.4) is 0 Å². The summed E-state index contributed by atoms with van der Waals surface area (Å²) < 4.78 is 51.0. The molecule has 5 nitrogen and oxygen atoms in total. The molecule has 126 valence electrons. The molecule has 0 unspecified atom stereocenters. The van der Waals surface area contributed by atoms with E-state index >= 15 is 0 Å². The lowest BCUT2D eigenvalue weighted by atomic mass is 9.96. The Morgan fingerprint density at radius 1 is 1.08 bits per heavy atom. The first kappa shape index (κ1) is 16.0. The summed E-state index contributed by atoms with van der Waals surface area (Å²) in [5, 5.41) is 0. The highest BCUT2D eigenvalue weighted by molar-refractivity contribution is 5.97. The lowest BCUT2D eigenvalue weighted by molar-refractivity contribution is -0.137. The Morgan fingerprint density at radius 3 is 2.46 bits per heavy atom. The van der Waals surface area contributed by atoms with Crippen molar-refractivity contribution in [3.8, 4) is 22.6 Å². The molecule has 0 radical (unpaired) electrons. The lowest BCUT2D eigenvalue weighted by Crippen LogP contribution is -2.08. The number of rotatable bonds is 3. The van der Waals surface area contributed by atoms with Crippen molar-refractivity contribution in [3.63, 3.8) is 0 Å². The van der Waals surface area contributed by atoms with Gasteiger partial charge in [0.2, 0.25) is 0 Å². The van der Waals surface area contributed by atoms with Crippen molar-refractivity contribution in [3.05, 3.63) is 35.9 Å². The molecular weight excluding hydrogens is 323 g/mol. The minimum atomic E-state index is -4.56. The van der Waals surface area contributed by atoms with E-state index < -0.39 is 11.7 Å². The Hall–Kier alpha value is -2.90. The van der Waals surface area contributed by atoms with E-state index in [1.807, 2.05) is 0 Å². The van der Waals surface area contributed by atoms with Gasteiger partial charge in [0.25, 0.3) is 0 Å². The van der Waals surface area contributed by atoms with Crippen LogP contribution in [0.5, 0.6) is 11.5 Å². The summed E-state index contributed by atoms with van der Waals surface area (Å²) >= 11 is 0. The molecule has 2 aromatic carbocycles. The van der Waals surface area contributed by atoms with E-state index in [0.717, 1.165) is 6.07 Å². The number of halogens is 3. The molecule has 3 rings (SSSR count). The molecule has 0 aliphatic heterocycles. The van der Waals surface area contributed by atoms with Crippen molar-refractivity contribution >= 4 is 17.0 Å². The molecule has 0 amide bonds. The monoisotopic (exact) mass is 337 g/mol. The standard InChI is InChI=1S/C16H14F3N3O2/c1-23-8-3-6-12(24-2)9(7-8)13-10(16(17,18)19)4-5-11-14(13)22-15(20)21-11/h3-7H,1-2H3,(H3,20,21,22). The van der Waals surface area contributed by atoms with Crippen LogP contribution in [0.25, 0.3) is 22.2 Å². The van der Waals surface area contributed by atoms with Crippen molar-refractivity contribution in [1.82, 2.24) is 9.97 Å². The molecule has 0 aliphatic carbocycles. The summed E-state index contributed by atoms with van der Waals surface area (Å²) in [6.07, 6.45) is -4.56. The van der Waals surface area contributed by atoms with Crippen LogP contribution < -0.4 is 15.2 Å². The third kappa shape index (κ3) is 2.60. The van der Waals surface area contributed by atoms with Crippen molar-refractivity contribution in [1.29, 1.82) is 0 Å². The Bertz CT molecular complexity index is 903. The van der Waals surface area contributed by atoms with Crippen LogP contribution >= 0.6 is 0 Å². The van der Waals surface area contributed by atoms with Crippen molar-refractivity contribution < 1.29 is 22.6 Å². The molecule has 1 aromatic heterocycles. The van der Waals surface area contributed by atoms with Crippen LogP contribution in [0.1, 0.15) is 5.56 Å². The fourth-order valence-corrected chi connectivity index (χ4v) is 2.61. The van der Waals surface area contributed by atoms with Gasteiger partial charge in [0.1, 0.15) is 11.5 Å². The van der Waals surface area contributed by atoms with E-state index in [4.69, 9.17) is 15.2 Å². The van der Waals surface area contributed by atoms with E-state index in [-0.39, 0.29) is 28.3 Å². The van der Waals surface area contributed by atoms with Gasteiger partial charge in [-0.3, -0.25) is 0 Å². The van der Waals surface area contributed by atoms with Crippen LogP contribution in [0.4, 0.5) is 19.1 Å². The maximum absolute atomic E-state index is 13.5. The fraction of sp³-hybridized carbons (Fsp3) is 0.188. The smallest absolute Gasteiger partial charge is 0.417 e. The van der Waals surface area contributed by atoms with Crippen LogP contribution in [0.2, 0.25) is 0 Å². The number of nitrogens with one attached hydrogen (secondary N) is 1. The zero-order valence-electron chi connectivity index (χ0n) is 12.9. The molecule has 24 heavy (non-hydrogen) atoms. The maximum Gasteiger partial charge on any atom is 0.417 e. The van der Waals surface area contributed by atoms with Gasteiger partial charge < -0.3 is 20.2 Å². The summed E-state index contributed by atoms with van der Waals surface area (Å²) in [5.74, 6) is 0.710. The Kier molecular flexibility index (Phi) is 3.75. The lowest BCUT2D eigenvalue weighted by Gasteiger charge is -2.16. The van der Waals surface area contributed by atoms with Crippen LogP contribution in [0, 0.1) is 0 Å². The number of imidazole rings is 1. The molecule has 8 heteroatoms. The first-order chi connectivity index (χ1) is 11.3. The van der Waals surface area contributed by atoms with Crippen LogP contribution in [-0.4, -0.2) is 24.2 Å². The number of benzene rings is 2. The minimum Gasteiger partial charge on any atom is -0.497 e. The number of alkyl halides is 3. The zero-order valence-corrected chi connectivity index (χ0v) is 12.9. The second-order valence-electron chi connectivity index (χ2n) is 5.07. The highest BCUT2D eigenvalue weighted by Gasteiger charge is 2.36. The fourth-order valence-electron chi connectivity index (χ4n) is 2.61. The number of aromatic amines is 1. The van der Waals surface area contributed by atoms with E-state index in [1.165, 1.54) is 26.4 Å². The summed E-state index contributed by atoms with van der Waals surface area (Å²) in [5.41, 5.74) is 5.43. The number of fused-ring (bicyclic) bond motifs is 1. The van der Waals surface area contributed by atoms with Crippen molar-refractivity contribution in [2.45, 2.75) is 6.18 Å². The number of hydrogen-bond acceptors (Lipinski definition) is 4. The zero-order chi connectivity index (χ0) is 17.5. The topological polar surface area (TPSA) is 73.2 Å². The molecule has 3 aromatic rings.